The van der Waals surface area contributed by atoms with Crippen LogP contribution in [0.25, 0.3) is 0 Å². The number of nitrogens with zero attached hydrogens (tertiary/aromatic N) is 3. The molecule has 136 valence electrons. The Balaban J connectivity index is 1.77. The zero-order chi connectivity index (χ0) is 18.0. The number of hydrogen-bond acceptors (Lipinski definition) is 3. The first-order valence-corrected chi connectivity index (χ1v) is 9.33. The summed E-state index contributed by atoms with van der Waals surface area (Å²) in [6.45, 7) is 11.0. The minimum atomic E-state index is -0.459. The molecule has 5 heteroatoms. The maximum Gasteiger partial charge on any atom is 0.250 e. The monoisotopic (exact) mass is 343 g/mol. The molecule has 2 aliphatic rings. The van der Waals surface area contributed by atoms with Gasteiger partial charge >= 0.3 is 0 Å². The van der Waals surface area contributed by atoms with Crippen molar-refractivity contribution in [3.63, 3.8) is 0 Å². The van der Waals surface area contributed by atoms with Gasteiger partial charge in [0.05, 0.1) is 0 Å². The third-order valence-electron chi connectivity index (χ3n) is 5.23. The van der Waals surface area contributed by atoms with Gasteiger partial charge < -0.3 is 9.80 Å². The fourth-order valence-corrected chi connectivity index (χ4v) is 4.01. The van der Waals surface area contributed by atoms with Crippen LogP contribution in [0.3, 0.4) is 0 Å². The number of fused-ring (bicyclic) bond motifs is 1. The second-order valence-corrected chi connectivity index (χ2v) is 7.58. The Morgan fingerprint density at radius 3 is 2.40 bits per heavy atom. The van der Waals surface area contributed by atoms with Crippen LogP contribution in [0.2, 0.25) is 0 Å². The van der Waals surface area contributed by atoms with Crippen LogP contribution >= 0.6 is 0 Å². The first kappa shape index (κ1) is 17.9. The highest BCUT2D eigenvalue weighted by molar-refractivity contribution is 5.89. The second-order valence-electron chi connectivity index (χ2n) is 7.58. The lowest BCUT2D eigenvalue weighted by atomic mass is 9.91. The minimum Gasteiger partial charge on any atom is -0.338 e. The fourth-order valence-electron chi connectivity index (χ4n) is 4.01. The van der Waals surface area contributed by atoms with Crippen LogP contribution in [-0.2, 0) is 16.0 Å². The van der Waals surface area contributed by atoms with Crippen molar-refractivity contribution in [2.24, 2.45) is 5.92 Å². The standard InChI is InChI=1S/C20H29N3O2/c1-15(2)14-21-10-12-22(13-11-21)20(25)19-18-7-5-4-6-17(18)8-9-23(19)16(3)24/h4-7,15,19H,8-14H2,1-3H3/t19-/m0/s1. The van der Waals surface area contributed by atoms with Crippen molar-refractivity contribution in [3.05, 3.63) is 35.4 Å². The van der Waals surface area contributed by atoms with E-state index in [1.807, 2.05) is 23.1 Å². The van der Waals surface area contributed by atoms with Gasteiger partial charge in [0.25, 0.3) is 0 Å². The summed E-state index contributed by atoms with van der Waals surface area (Å²) in [6, 6.07) is 7.59. The molecular weight excluding hydrogens is 314 g/mol. The third kappa shape index (κ3) is 3.87. The van der Waals surface area contributed by atoms with Crippen LogP contribution in [0.4, 0.5) is 0 Å². The summed E-state index contributed by atoms with van der Waals surface area (Å²) < 4.78 is 0. The number of carbonyl (C=O) groups excluding carboxylic acids is 2. The number of amides is 2. The summed E-state index contributed by atoms with van der Waals surface area (Å²) in [4.78, 5) is 31.5. The van der Waals surface area contributed by atoms with E-state index in [9.17, 15) is 9.59 Å². The number of hydrogen-bond donors (Lipinski definition) is 0. The molecule has 1 atom stereocenters. The molecule has 0 spiro atoms. The van der Waals surface area contributed by atoms with Crippen LogP contribution in [0.5, 0.6) is 0 Å². The van der Waals surface area contributed by atoms with Crippen molar-refractivity contribution in [2.75, 3.05) is 39.3 Å². The zero-order valence-electron chi connectivity index (χ0n) is 15.6. The van der Waals surface area contributed by atoms with Gasteiger partial charge in [-0.15, -0.1) is 0 Å². The highest BCUT2D eigenvalue weighted by atomic mass is 16.2. The summed E-state index contributed by atoms with van der Waals surface area (Å²) in [7, 11) is 0. The molecule has 2 heterocycles. The van der Waals surface area contributed by atoms with Crippen molar-refractivity contribution < 1.29 is 9.59 Å². The Morgan fingerprint density at radius 1 is 1.08 bits per heavy atom. The number of rotatable bonds is 3. The van der Waals surface area contributed by atoms with Crippen molar-refractivity contribution in [1.29, 1.82) is 0 Å². The second kappa shape index (κ2) is 7.56. The van der Waals surface area contributed by atoms with E-state index in [-0.39, 0.29) is 11.8 Å². The lowest BCUT2D eigenvalue weighted by Crippen LogP contribution is -2.54. The Kier molecular flexibility index (Phi) is 5.42. The molecule has 0 saturated carbocycles. The predicted octanol–water partition coefficient (Wildman–Crippen LogP) is 1.93. The topological polar surface area (TPSA) is 43.9 Å². The minimum absolute atomic E-state index is 0.0219. The highest BCUT2D eigenvalue weighted by Crippen LogP contribution is 2.31. The molecule has 0 aromatic heterocycles. The largest absolute Gasteiger partial charge is 0.338 e. The summed E-state index contributed by atoms with van der Waals surface area (Å²) in [5, 5.41) is 0. The SMILES string of the molecule is CC(=O)N1CCc2ccccc2[C@H]1C(=O)N1CCN(CC(C)C)CC1. The molecule has 25 heavy (non-hydrogen) atoms. The third-order valence-corrected chi connectivity index (χ3v) is 5.23. The van der Waals surface area contributed by atoms with Crippen molar-refractivity contribution >= 4 is 11.8 Å². The fraction of sp³-hybridized carbons (Fsp3) is 0.600. The smallest absolute Gasteiger partial charge is 0.250 e. The van der Waals surface area contributed by atoms with E-state index in [4.69, 9.17) is 0 Å². The van der Waals surface area contributed by atoms with Gasteiger partial charge in [-0.3, -0.25) is 14.5 Å². The molecule has 0 radical (unpaired) electrons. The summed E-state index contributed by atoms with van der Waals surface area (Å²) in [5.74, 6) is 0.693. The van der Waals surface area contributed by atoms with Gasteiger partial charge in [0.2, 0.25) is 11.8 Å². The molecule has 0 bridgehead atoms. The molecule has 0 N–H and O–H groups in total. The van der Waals surface area contributed by atoms with E-state index < -0.39 is 6.04 Å². The Morgan fingerprint density at radius 2 is 1.76 bits per heavy atom. The average molecular weight is 343 g/mol. The molecule has 3 rings (SSSR count). The molecule has 2 aliphatic heterocycles. The molecule has 0 unspecified atom stereocenters. The molecule has 0 aliphatic carbocycles. The maximum atomic E-state index is 13.3. The van der Waals surface area contributed by atoms with Crippen molar-refractivity contribution in [1.82, 2.24) is 14.7 Å². The van der Waals surface area contributed by atoms with Gasteiger partial charge in [-0.1, -0.05) is 38.1 Å². The highest BCUT2D eigenvalue weighted by Gasteiger charge is 2.37. The molecule has 5 nitrogen and oxygen atoms in total. The van der Waals surface area contributed by atoms with E-state index in [1.54, 1.807) is 11.8 Å². The number of carbonyl (C=O) groups is 2. The van der Waals surface area contributed by atoms with Gasteiger partial charge in [-0.05, 0) is 23.5 Å². The van der Waals surface area contributed by atoms with Crippen molar-refractivity contribution in [2.45, 2.75) is 33.2 Å². The Labute approximate surface area is 150 Å². The van der Waals surface area contributed by atoms with E-state index in [0.29, 0.717) is 12.5 Å². The maximum absolute atomic E-state index is 13.3. The van der Waals surface area contributed by atoms with E-state index in [1.165, 1.54) is 5.56 Å². The normalized spacial score (nSPS) is 21.4. The molecule has 1 aromatic rings. The van der Waals surface area contributed by atoms with E-state index in [0.717, 1.165) is 44.7 Å². The quantitative estimate of drug-likeness (QED) is 0.842. The van der Waals surface area contributed by atoms with E-state index in [2.05, 4.69) is 24.8 Å². The van der Waals surface area contributed by atoms with Crippen LogP contribution in [0.1, 0.15) is 37.9 Å². The lowest BCUT2D eigenvalue weighted by molar-refractivity contribution is -0.147. The molecule has 1 aromatic carbocycles. The van der Waals surface area contributed by atoms with Crippen LogP contribution in [0, 0.1) is 5.92 Å². The summed E-state index contributed by atoms with van der Waals surface area (Å²) >= 11 is 0. The van der Waals surface area contributed by atoms with Gasteiger partial charge in [-0.25, -0.2) is 0 Å². The Bertz CT molecular complexity index is 636. The molecule has 1 fully saturated rings. The molecule has 1 saturated heterocycles. The van der Waals surface area contributed by atoms with E-state index >= 15 is 0 Å². The van der Waals surface area contributed by atoms with Gasteiger partial charge in [0, 0.05) is 46.2 Å². The van der Waals surface area contributed by atoms with Crippen molar-refractivity contribution in [3.8, 4) is 0 Å². The van der Waals surface area contributed by atoms with Crippen LogP contribution < -0.4 is 0 Å². The number of benzene rings is 1. The number of piperazine rings is 1. The van der Waals surface area contributed by atoms with Gasteiger partial charge in [0.15, 0.2) is 0 Å². The van der Waals surface area contributed by atoms with Crippen LogP contribution in [0.15, 0.2) is 24.3 Å². The first-order valence-electron chi connectivity index (χ1n) is 9.33. The average Bonchev–Trinajstić information content (AvgIpc) is 2.60. The summed E-state index contributed by atoms with van der Waals surface area (Å²) in [5.41, 5.74) is 2.19. The zero-order valence-corrected chi connectivity index (χ0v) is 15.6. The van der Waals surface area contributed by atoms with Crippen LogP contribution in [-0.4, -0.2) is 65.8 Å². The lowest BCUT2D eigenvalue weighted by Gasteiger charge is -2.41. The Hall–Kier alpha value is -1.88. The van der Waals surface area contributed by atoms with Gasteiger partial charge in [0.1, 0.15) is 6.04 Å². The predicted molar refractivity (Wildman–Crippen MR) is 98.1 cm³/mol. The molecule has 2 amide bonds. The summed E-state index contributed by atoms with van der Waals surface area (Å²) in [6.07, 6.45) is 0.821. The first-order chi connectivity index (χ1) is 12.0. The molecular formula is C20H29N3O2. The van der Waals surface area contributed by atoms with Gasteiger partial charge in [-0.2, -0.15) is 0 Å².